The summed E-state index contributed by atoms with van der Waals surface area (Å²) in [6, 6.07) is 4.90. The standard InChI is InChI=1S/C19H19Cl2NO3S/c1-25-19(24)15-11-7-4-2-3-5-10-14(11)26-18(15)22-17(23)16-12(20)8-6-9-13(16)21/h6,8-9H,2-5,7,10H2,1H3,(H,22,23). The van der Waals surface area contributed by atoms with E-state index in [2.05, 4.69) is 5.32 Å². The Bertz CT molecular complexity index is 827. The third kappa shape index (κ3) is 3.90. The van der Waals surface area contributed by atoms with Crippen molar-refractivity contribution >= 4 is 51.4 Å². The highest BCUT2D eigenvalue weighted by Crippen LogP contribution is 2.38. The summed E-state index contributed by atoms with van der Waals surface area (Å²) >= 11 is 13.7. The lowest BCUT2D eigenvalue weighted by molar-refractivity contribution is 0.0601. The molecule has 0 unspecified atom stereocenters. The zero-order valence-corrected chi connectivity index (χ0v) is 16.7. The van der Waals surface area contributed by atoms with E-state index >= 15 is 0 Å². The van der Waals surface area contributed by atoms with Crippen molar-refractivity contribution in [2.45, 2.75) is 38.5 Å². The lowest BCUT2D eigenvalue weighted by atomic mass is 9.96. The van der Waals surface area contributed by atoms with Crippen molar-refractivity contribution < 1.29 is 14.3 Å². The van der Waals surface area contributed by atoms with Gasteiger partial charge in [-0.15, -0.1) is 11.3 Å². The molecule has 4 nitrogen and oxygen atoms in total. The number of anilines is 1. The van der Waals surface area contributed by atoms with Gasteiger partial charge >= 0.3 is 5.97 Å². The topological polar surface area (TPSA) is 55.4 Å². The van der Waals surface area contributed by atoms with Crippen LogP contribution in [0.1, 0.15) is 56.8 Å². The number of hydrogen-bond donors (Lipinski definition) is 1. The summed E-state index contributed by atoms with van der Waals surface area (Å²) in [5.41, 5.74) is 1.67. The number of methoxy groups -OCH3 is 1. The maximum absolute atomic E-state index is 12.7. The fraction of sp³-hybridized carbons (Fsp3) is 0.368. The van der Waals surface area contributed by atoms with Crippen molar-refractivity contribution in [1.29, 1.82) is 0 Å². The van der Waals surface area contributed by atoms with Crippen LogP contribution in [0.5, 0.6) is 0 Å². The largest absolute Gasteiger partial charge is 0.465 e. The zero-order chi connectivity index (χ0) is 18.7. The van der Waals surface area contributed by atoms with Gasteiger partial charge < -0.3 is 10.1 Å². The van der Waals surface area contributed by atoms with E-state index in [1.54, 1.807) is 18.2 Å². The number of esters is 1. The Hall–Kier alpha value is -1.56. The first-order valence-electron chi connectivity index (χ1n) is 8.51. The Morgan fingerprint density at radius 1 is 1.04 bits per heavy atom. The van der Waals surface area contributed by atoms with Crippen LogP contribution in [0.2, 0.25) is 10.0 Å². The van der Waals surface area contributed by atoms with Crippen LogP contribution >= 0.6 is 34.5 Å². The lowest BCUT2D eigenvalue weighted by Crippen LogP contribution is -2.15. The van der Waals surface area contributed by atoms with Gasteiger partial charge in [-0.2, -0.15) is 0 Å². The normalized spacial score (nSPS) is 14.1. The summed E-state index contributed by atoms with van der Waals surface area (Å²) < 4.78 is 4.97. The number of carbonyl (C=O) groups is 2. The third-order valence-corrected chi connectivity index (χ3v) is 6.31. The third-order valence-electron chi connectivity index (χ3n) is 4.48. The second-order valence-electron chi connectivity index (χ2n) is 6.16. The number of rotatable bonds is 3. The number of carbonyl (C=O) groups excluding carboxylic acids is 2. The van der Waals surface area contributed by atoms with Crippen LogP contribution in [0.4, 0.5) is 5.00 Å². The van der Waals surface area contributed by atoms with Crippen molar-refractivity contribution in [3.63, 3.8) is 0 Å². The van der Waals surface area contributed by atoms with Crippen molar-refractivity contribution in [1.82, 2.24) is 0 Å². The number of hydrogen-bond acceptors (Lipinski definition) is 4. The molecule has 0 fully saturated rings. The fourth-order valence-corrected chi connectivity index (χ4v) is 5.05. The van der Waals surface area contributed by atoms with Crippen LogP contribution in [-0.4, -0.2) is 19.0 Å². The average molecular weight is 412 g/mol. The zero-order valence-electron chi connectivity index (χ0n) is 14.4. The van der Waals surface area contributed by atoms with Crippen molar-refractivity contribution in [2.24, 2.45) is 0 Å². The predicted octanol–water partition coefficient (Wildman–Crippen LogP) is 5.75. The minimum atomic E-state index is -0.431. The first-order chi connectivity index (χ1) is 12.5. The molecule has 1 aromatic carbocycles. The monoisotopic (exact) mass is 411 g/mol. The van der Waals surface area contributed by atoms with E-state index in [-0.39, 0.29) is 15.6 Å². The molecule has 0 aliphatic heterocycles. The van der Waals surface area contributed by atoms with Gasteiger partial charge in [-0.1, -0.05) is 42.1 Å². The van der Waals surface area contributed by atoms with Crippen molar-refractivity contribution in [3.8, 4) is 0 Å². The molecular weight excluding hydrogens is 393 g/mol. The number of ether oxygens (including phenoxy) is 1. The lowest BCUT2D eigenvalue weighted by Gasteiger charge is -2.11. The predicted molar refractivity (Wildman–Crippen MR) is 106 cm³/mol. The van der Waals surface area contributed by atoms with Crippen LogP contribution in [0, 0.1) is 0 Å². The summed E-state index contributed by atoms with van der Waals surface area (Å²) in [6.45, 7) is 0. The van der Waals surface area contributed by atoms with Gasteiger partial charge in [-0.05, 0) is 43.4 Å². The number of halogens is 2. The highest BCUT2D eigenvalue weighted by atomic mass is 35.5. The number of benzene rings is 1. The maximum atomic E-state index is 12.7. The molecule has 0 atom stereocenters. The number of aryl methyl sites for hydroxylation is 1. The Labute approximate surface area is 166 Å². The number of fused-ring (bicyclic) bond motifs is 1. The minimum Gasteiger partial charge on any atom is -0.465 e. The van der Waals surface area contributed by atoms with E-state index in [1.807, 2.05) is 0 Å². The molecule has 0 bridgehead atoms. The van der Waals surface area contributed by atoms with Gasteiger partial charge in [0.25, 0.3) is 5.91 Å². The van der Waals surface area contributed by atoms with Crippen LogP contribution in [0.25, 0.3) is 0 Å². The van der Waals surface area contributed by atoms with Crippen molar-refractivity contribution in [2.75, 3.05) is 12.4 Å². The minimum absolute atomic E-state index is 0.201. The molecular formula is C19H19Cl2NO3S. The van der Waals surface area contributed by atoms with Gasteiger partial charge in [-0.25, -0.2) is 4.79 Å². The molecule has 3 rings (SSSR count). The Morgan fingerprint density at radius 3 is 2.35 bits per heavy atom. The van der Waals surface area contributed by atoms with Gasteiger partial charge in [0.05, 0.1) is 28.3 Å². The highest BCUT2D eigenvalue weighted by molar-refractivity contribution is 7.17. The molecule has 0 saturated heterocycles. The van der Waals surface area contributed by atoms with Gasteiger partial charge in [0.2, 0.25) is 0 Å². The Balaban J connectivity index is 2.00. The fourth-order valence-electron chi connectivity index (χ4n) is 3.21. The van der Waals surface area contributed by atoms with E-state index < -0.39 is 11.9 Å². The number of thiophene rings is 1. The van der Waals surface area contributed by atoms with E-state index in [0.717, 1.165) is 42.5 Å². The van der Waals surface area contributed by atoms with E-state index in [4.69, 9.17) is 27.9 Å². The number of nitrogens with one attached hydrogen (secondary N) is 1. The molecule has 1 aliphatic carbocycles. The summed E-state index contributed by atoms with van der Waals surface area (Å²) in [5, 5.41) is 3.87. The second kappa shape index (κ2) is 8.42. The molecule has 0 saturated carbocycles. The van der Waals surface area contributed by atoms with Crippen LogP contribution in [0.15, 0.2) is 18.2 Å². The molecule has 7 heteroatoms. The molecule has 1 heterocycles. The molecule has 2 aromatic rings. The van der Waals surface area contributed by atoms with Crippen LogP contribution in [-0.2, 0) is 17.6 Å². The SMILES string of the molecule is COC(=O)c1c(NC(=O)c2c(Cl)cccc2Cl)sc2c1CCCCCC2. The average Bonchev–Trinajstić information content (AvgIpc) is 2.90. The van der Waals surface area contributed by atoms with E-state index in [1.165, 1.54) is 24.9 Å². The molecule has 1 amide bonds. The van der Waals surface area contributed by atoms with Gasteiger partial charge in [0.1, 0.15) is 5.00 Å². The first-order valence-corrected chi connectivity index (χ1v) is 10.1. The Morgan fingerprint density at radius 2 is 1.69 bits per heavy atom. The molecule has 0 spiro atoms. The summed E-state index contributed by atoms with van der Waals surface area (Å²) in [7, 11) is 1.35. The van der Waals surface area contributed by atoms with Crippen LogP contribution in [0.3, 0.4) is 0 Å². The Kier molecular flexibility index (Phi) is 6.22. The summed E-state index contributed by atoms with van der Waals surface area (Å²) in [6.07, 6.45) is 6.16. The molecule has 1 aromatic heterocycles. The molecule has 0 radical (unpaired) electrons. The summed E-state index contributed by atoms with van der Waals surface area (Å²) in [5.74, 6) is -0.858. The second-order valence-corrected chi connectivity index (χ2v) is 8.08. The molecule has 1 aliphatic rings. The molecule has 26 heavy (non-hydrogen) atoms. The van der Waals surface area contributed by atoms with Crippen LogP contribution < -0.4 is 5.32 Å². The molecule has 1 N–H and O–H groups in total. The highest BCUT2D eigenvalue weighted by Gasteiger charge is 2.27. The number of amides is 1. The smallest absolute Gasteiger partial charge is 0.341 e. The van der Waals surface area contributed by atoms with Crippen molar-refractivity contribution in [3.05, 3.63) is 49.8 Å². The first kappa shape index (κ1) is 19.2. The van der Waals surface area contributed by atoms with Gasteiger partial charge in [0.15, 0.2) is 0 Å². The van der Waals surface area contributed by atoms with E-state index in [0.29, 0.717) is 10.6 Å². The quantitative estimate of drug-likeness (QED) is 0.653. The van der Waals surface area contributed by atoms with Gasteiger partial charge in [0, 0.05) is 4.88 Å². The molecule has 138 valence electrons. The van der Waals surface area contributed by atoms with E-state index in [9.17, 15) is 9.59 Å². The summed E-state index contributed by atoms with van der Waals surface area (Å²) in [4.78, 5) is 26.3. The van der Waals surface area contributed by atoms with Gasteiger partial charge in [-0.3, -0.25) is 4.79 Å². The maximum Gasteiger partial charge on any atom is 0.341 e.